The van der Waals surface area contributed by atoms with E-state index in [1.807, 2.05) is 6.07 Å². The fourth-order valence-corrected chi connectivity index (χ4v) is 3.34. The van der Waals surface area contributed by atoms with Crippen molar-refractivity contribution in [3.63, 3.8) is 0 Å². The standard InChI is InChI=1S/C15H20FNO2/c1-18-15-13-5-6-14(15)19-8-7-17(13)10-11-3-2-4-12(16)9-11/h2-4,9,13-15H,5-8,10H2,1H3/t13-,14-,15-/m1/s1. The number of ether oxygens (including phenoxy) is 2. The van der Waals surface area contributed by atoms with Gasteiger partial charge in [0.15, 0.2) is 0 Å². The van der Waals surface area contributed by atoms with Crippen LogP contribution in [0.5, 0.6) is 0 Å². The van der Waals surface area contributed by atoms with Gasteiger partial charge >= 0.3 is 0 Å². The van der Waals surface area contributed by atoms with Gasteiger partial charge < -0.3 is 9.47 Å². The summed E-state index contributed by atoms with van der Waals surface area (Å²) in [5.41, 5.74) is 1.01. The second-order valence-electron chi connectivity index (χ2n) is 5.35. The predicted octanol–water partition coefficient (Wildman–Crippen LogP) is 2.20. The van der Waals surface area contributed by atoms with Gasteiger partial charge in [-0.1, -0.05) is 12.1 Å². The monoisotopic (exact) mass is 265 g/mol. The van der Waals surface area contributed by atoms with E-state index in [1.165, 1.54) is 6.07 Å². The van der Waals surface area contributed by atoms with Crippen LogP contribution in [0.2, 0.25) is 0 Å². The molecule has 0 spiro atoms. The number of nitrogens with zero attached hydrogens (tertiary/aromatic N) is 1. The van der Waals surface area contributed by atoms with E-state index in [2.05, 4.69) is 4.90 Å². The highest BCUT2D eigenvalue weighted by atomic mass is 19.1. The minimum atomic E-state index is -0.170. The van der Waals surface area contributed by atoms with Crippen LogP contribution < -0.4 is 0 Å². The molecule has 1 saturated carbocycles. The maximum absolute atomic E-state index is 13.3. The van der Waals surface area contributed by atoms with Gasteiger partial charge in [0.1, 0.15) is 5.82 Å². The Morgan fingerprint density at radius 1 is 1.42 bits per heavy atom. The molecule has 1 aromatic carbocycles. The second kappa shape index (κ2) is 5.57. The third-order valence-corrected chi connectivity index (χ3v) is 4.22. The van der Waals surface area contributed by atoms with Crippen molar-refractivity contribution in [1.82, 2.24) is 4.90 Å². The van der Waals surface area contributed by atoms with Crippen LogP contribution in [0.25, 0.3) is 0 Å². The Bertz CT molecular complexity index is 440. The summed E-state index contributed by atoms with van der Waals surface area (Å²) in [6.07, 6.45) is 2.53. The molecule has 1 saturated heterocycles. The number of fused-ring (bicyclic) bond motifs is 2. The summed E-state index contributed by atoms with van der Waals surface area (Å²) < 4.78 is 24.7. The summed E-state index contributed by atoms with van der Waals surface area (Å²) in [4.78, 5) is 2.37. The molecule has 2 aliphatic rings. The van der Waals surface area contributed by atoms with Crippen molar-refractivity contribution in [3.05, 3.63) is 35.6 Å². The minimum absolute atomic E-state index is 0.149. The van der Waals surface area contributed by atoms with Crippen LogP contribution in [-0.4, -0.2) is 43.4 Å². The average molecular weight is 265 g/mol. The van der Waals surface area contributed by atoms with Gasteiger partial charge in [-0.05, 0) is 30.5 Å². The van der Waals surface area contributed by atoms with Crippen molar-refractivity contribution < 1.29 is 13.9 Å². The molecule has 1 aliphatic carbocycles. The third-order valence-electron chi connectivity index (χ3n) is 4.22. The molecule has 104 valence electrons. The Kier molecular flexibility index (Phi) is 3.82. The SMILES string of the molecule is CO[C@@H]1[C@H]2CC[C@H]1OCCN2Cc1cccc(F)c1. The van der Waals surface area contributed by atoms with Gasteiger partial charge in [0.2, 0.25) is 0 Å². The fourth-order valence-electron chi connectivity index (χ4n) is 3.34. The van der Waals surface area contributed by atoms with E-state index in [4.69, 9.17) is 9.47 Å². The molecule has 2 bridgehead atoms. The molecule has 0 unspecified atom stereocenters. The molecule has 19 heavy (non-hydrogen) atoms. The van der Waals surface area contributed by atoms with E-state index in [1.54, 1.807) is 19.2 Å². The normalized spacial score (nSPS) is 31.4. The minimum Gasteiger partial charge on any atom is -0.377 e. The van der Waals surface area contributed by atoms with Crippen molar-refractivity contribution in [2.24, 2.45) is 0 Å². The molecule has 1 heterocycles. The molecule has 0 N–H and O–H groups in total. The van der Waals surface area contributed by atoms with Crippen LogP contribution in [0.15, 0.2) is 24.3 Å². The molecule has 3 rings (SSSR count). The molecule has 4 heteroatoms. The Morgan fingerprint density at radius 2 is 2.32 bits per heavy atom. The Balaban J connectivity index is 1.76. The van der Waals surface area contributed by atoms with E-state index < -0.39 is 0 Å². The topological polar surface area (TPSA) is 21.7 Å². The summed E-state index contributed by atoms with van der Waals surface area (Å²) in [5, 5.41) is 0. The molecule has 1 aromatic rings. The van der Waals surface area contributed by atoms with Crippen LogP contribution in [0.3, 0.4) is 0 Å². The van der Waals surface area contributed by atoms with E-state index >= 15 is 0 Å². The maximum Gasteiger partial charge on any atom is 0.123 e. The van der Waals surface area contributed by atoms with Crippen LogP contribution in [0.4, 0.5) is 4.39 Å². The number of rotatable bonds is 3. The summed E-state index contributed by atoms with van der Waals surface area (Å²) in [7, 11) is 1.75. The van der Waals surface area contributed by atoms with Gasteiger partial charge in [0.05, 0.1) is 18.8 Å². The van der Waals surface area contributed by atoms with E-state index in [0.29, 0.717) is 6.04 Å². The van der Waals surface area contributed by atoms with Gasteiger partial charge in [-0.25, -0.2) is 4.39 Å². The van der Waals surface area contributed by atoms with Crippen molar-refractivity contribution in [2.75, 3.05) is 20.3 Å². The van der Waals surface area contributed by atoms with Gasteiger partial charge in [-0.2, -0.15) is 0 Å². The van der Waals surface area contributed by atoms with Crippen molar-refractivity contribution >= 4 is 0 Å². The van der Waals surface area contributed by atoms with Gasteiger partial charge in [0.25, 0.3) is 0 Å². The Labute approximate surface area is 113 Å². The van der Waals surface area contributed by atoms with Crippen LogP contribution >= 0.6 is 0 Å². The summed E-state index contributed by atoms with van der Waals surface area (Å²) in [6, 6.07) is 7.23. The first kappa shape index (κ1) is 13.0. The molecular formula is C15H20FNO2. The first-order chi connectivity index (χ1) is 9.28. The molecule has 1 aliphatic heterocycles. The van der Waals surface area contributed by atoms with E-state index in [-0.39, 0.29) is 18.0 Å². The Morgan fingerprint density at radius 3 is 3.11 bits per heavy atom. The van der Waals surface area contributed by atoms with Crippen molar-refractivity contribution in [1.29, 1.82) is 0 Å². The molecule has 3 nitrogen and oxygen atoms in total. The van der Waals surface area contributed by atoms with Crippen LogP contribution in [0.1, 0.15) is 18.4 Å². The third kappa shape index (κ3) is 2.66. The van der Waals surface area contributed by atoms with Crippen molar-refractivity contribution in [2.45, 2.75) is 37.6 Å². The highest BCUT2D eigenvalue weighted by molar-refractivity contribution is 5.16. The average Bonchev–Trinajstić information content (AvgIpc) is 2.71. The summed E-state index contributed by atoms with van der Waals surface area (Å²) in [6.45, 7) is 2.38. The lowest BCUT2D eigenvalue weighted by Crippen LogP contribution is -2.42. The molecule has 2 fully saturated rings. The molecular weight excluding hydrogens is 245 g/mol. The molecule has 0 aromatic heterocycles. The quantitative estimate of drug-likeness (QED) is 0.836. The van der Waals surface area contributed by atoms with E-state index in [9.17, 15) is 4.39 Å². The molecule has 0 radical (unpaired) electrons. The molecule has 0 amide bonds. The van der Waals surface area contributed by atoms with E-state index in [0.717, 1.165) is 38.1 Å². The lowest BCUT2D eigenvalue weighted by molar-refractivity contribution is -0.0326. The van der Waals surface area contributed by atoms with Crippen LogP contribution in [-0.2, 0) is 16.0 Å². The number of benzene rings is 1. The second-order valence-corrected chi connectivity index (χ2v) is 5.35. The summed E-state index contributed by atoms with van der Waals surface area (Å²) in [5.74, 6) is -0.170. The maximum atomic E-state index is 13.3. The van der Waals surface area contributed by atoms with Gasteiger partial charge in [0, 0.05) is 26.2 Å². The number of hydrogen-bond acceptors (Lipinski definition) is 3. The lowest BCUT2D eigenvalue weighted by Gasteiger charge is -2.30. The smallest absolute Gasteiger partial charge is 0.123 e. The number of halogens is 1. The summed E-state index contributed by atoms with van der Waals surface area (Å²) >= 11 is 0. The fraction of sp³-hybridized carbons (Fsp3) is 0.600. The first-order valence-corrected chi connectivity index (χ1v) is 6.91. The van der Waals surface area contributed by atoms with Gasteiger partial charge in [-0.15, -0.1) is 0 Å². The number of hydrogen-bond donors (Lipinski definition) is 0. The zero-order chi connectivity index (χ0) is 13.2. The van der Waals surface area contributed by atoms with Gasteiger partial charge in [-0.3, -0.25) is 4.90 Å². The van der Waals surface area contributed by atoms with Crippen molar-refractivity contribution in [3.8, 4) is 0 Å². The zero-order valence-corrected chi connectivity index (χ0v) is 11.2. The number of methoxy groups -OCH3 is 1. The largest absolute Gasteiger partial charge is 0.377 e. The first-order valence-electron chi connectivity index (χ1n) is 6.91. The van der Waals surface area contributed by atoms with Crippen LogP contribution in [0, 0.1) is 5.82 Å². The Hall–Kier alpha value is -0.970. The predicted molar refractivity (Wildman–Crippen MR) is 70.4 cm³/mol. The highest BCUT2D eigenvalue weighted by Crippen LogP contribution is 2.32. The highest BCUT2D eigenvalue weighted by Gasteiger charge is 2.42. The zero-order valence-electron chi connectivity index (χ0n) is 11.2. The lowest BCUT2D eigenvalue weighted by atomic mass is 10.1. The molecule has 3 atom stereocenters.